The number of aromatic nitrogens is 6. The number of carbonyl (C=O) groups excluding carboxylic acids is 1. The second-order valence-corrected chi connectivity index (χ2v) is 8.80. The Morgan fingerprint density at radius 2 is 1.89 bits per heavy atom. The molecule has 0 radical (unpaired) electrons. The van der Waals surface area contributed by atoms with Gasteiger partial charge in [0.2, 0.25) is 11.8 Å². The molecule has 0 bridgehead atoms. The minimum absolute atomic E-state index is 0.0582. The van der Waals surface area contributed by atoms with Crippen molar-refractivity contribution >= 4 is 28.4 Å². The molecular formula is C25H29N9O3. The summed E-state index contributed by atoms with van der Waals surface area (Å²) in [6.07, 6.45) is 7.53. The first kappa shape index (κ1) is 24.4. The van der Waals surface area contributed by atoms with Gasteiger partial charge in [-0.2, -0.15) is 0 Å². The molecule has 192 valence electrons. The van der Waals surface area contributed by atoms with Crippen molar-refractivity contribution < 1.29 is 14.3 Å². The molecule has 1 aliphatic rings. The minimum Gasteiger partial charge on any atom is -0.496 e. The molecule has 12 heteroatoms. The first-order chi connectivity index (χ1) is 18.1. The zero-order valence-corrected chi connectivity index (χ0v) is 20.8. The number of amides is 1. The monoisotopic (exact) mass is 503 g/mol. The van der Waals surface area contributed by atoms with Crippen LogP contribution in [0.2, 0.25) is 0 Å². The van der Waals surface area contributed by atoms with Gasteiger partial charge in [0.15, 0.2) is 5.82 Å². The van der Waals surface area contributed by atoms with E-state index in [-0.39, 0.29) is 19.0 Å². The molecule has 0 aliphatic carbocycles. The van der Waals surface area contributed by atoms with Crippen LogP contribution < -0.4 is 20.7 Å². The number of ether oxygens (including phenoxy) is 2. The van der Waals surface area contributed by atoms with Crippen LogP contribution in [0.1, 0.15) is 40.4 Å². The fraction of sp³-hybridized carbons (Fsp3) is 0.360. The second kappa shape index (κ2) is 10.7. The Kier molecular flexibility index (Phi) is 7.08. The van der Waals surface area contributed by atoms with Gasteiger partial charge in [-0.3, -0.25) is 4.79 Å². The number of carbonyl (C=O) groups is 1. The Morgan fingerprint density at radius 3 is 2.62 bits per heavy atom. The molecule has 0 spiro atoms. The fourth-order valence-corrected chi connectivity index (χ4v) is 4.40. The van der Waals surface area contributed by atoms with Crippen LogP contribution in [0.5, 0.6) is 5.75 Å². The topological polar surface area (TPSA) is 146 Å². The minimum atomic E-state index is -0.398. The second-order valence-electron chi connectivity index (χ2n) is 8.80. The average Bonchev–Trinajstić information content (AvgIpc) is 3.59. The van der Waals surface area contributed by atoms with Crippen molar-refractivity contribution in [2.45, 2.75) is 32.5 Å². The van der Waals surface area contributed by atoms with E-state index in [0.717, 1.165) is 53.8 Å². The summed E-state index contributed by atoms with van der Waals surface area (Å²) in [6.45, 7) is 2.81. The lowest BCUT2D eigenvalue weighted by Gasteiger charge is -2.14. The van der Waals surface area contributed by atoms with Crippen LogP contribution in [-0.4, -0.2) is 62.9 Å². The highest BCUT2D eigenvalue weighted by molar-refractivity contribution is 5.96. The molecule has 37 heavy (non-hydrogen) atoms. The van der Waals surface area contributed by atoms with Crippen LogP contribution in [0.4, 0.5) is 11.8 Å². The molecule has 0 unspecified atom stereocenters. The Bertz CT molecular complexity index is 1400. The van der Waals surface area contributed by atoms with Gasteiger partial charge in [-0.15, -0.1) is 5.10 Å². The summed E-state index contributed by atoms with van der Waals surface area (Å²) in [6, 6.07) is 5.61. The number of rotatable bonds is 9. The van der Waals surface area contributed by atoms with Gasteiger partial charge in [-0.1, -0.05) is 0 Å². The van der Waals surface area contributed by atoms with E-state index in [0.29, 0.717) is 23.9 Å². The highest BCUT2D eigenvalue weighted by Gasteiger charge is 2.18. The van der Waals surface area contributed by atoms with Gasteiger partial charge in [-0.25, -0.2) is 24.6 Å². The van der Waals surface area contributed by atoms with E-state index in [1.54, 1.807) is 37.5 Å². The predicted molar refractivity (Wildman–Crippen MR) is 137 cm³/mol. The van der Waals surface area contributed by atoms with E-state index in [9.17, 15) is 4.79 Å². The number of nitrogens with two attached hydrogens (primary N) is 1. The maximum absolute atomic E-state index is 12.9. The molecule has 1 aliphatic heterocycles. The van der Waals surface area contributed by atoms with Crippen molar-refractivity contribution in [2.75, 3.05) is 37.9 Å². The predicted octanol–water partition coefficient (Wildman–Crippen LogP) is 1.93. The summed E-state index contributed by atoms with van der Waals surface area (Å²) in [7, 11) is 3.14. The third kappa shape index (κ3) is 5.28. The standard InChI is InChI=1S/C25H29N9O3/c1-36-15-20-31-23(32-34(20)14-17-12-29-25(30-13-17)33-7-3-4-8-33)24(35)28-11-16-9-18-5-6-27-22(26)21(18)19(10-16)37-2/h5-6,9-10,12-13H,3-4,7-8,11,14-15H2,1-2H3,(H2,26,27)(H,28,35). The molecule has 4 aromatic rings. The van der Waals surface area contributed by atoms with E-state index < -0.39 is 5.91 Å². The largest absolute Gasteiger partial charge is 0.496 e. The Balaban J connectivity index is 1.29. The van der Waals surface area contributed by atoms with Gasteiger partial charge >= 0.3 is 0 Å². The molecule has 1 saturated heterocycles. The van der Waals surface area contributed by atoms with Crippen molar-refractivity contribution in [1.29, 1.82) is 0 Å². The zero-order valence-electron chi connectivity index (χ0n) is 20.8. The van der Waals surface area contributed by atoms with Crippen molar-refractivity contribution in [3.05, 3.63) is 59.6 Å². The number of benzene rings is 1. The SMILES string of the molecule is COCc1nc(C(=O)NCc2cc(OC)c3c(N)nccc3c2)nn1Cc1cnc(N2CCCC2)nc1. The van der Waals surface area contributed by atoms with Crippen LogP contribution in [0, 0.1) is 0 Å². The maximum atomic E-state index is 12.9. The van der Waals surface area contributed by atoms with Gasteiger partial charge in [0.05, 0.1) is 19.0 Å². The molecule has 0 atom stereocenters. The van der Waals surface area contributed by atoms with Crippen molar-refractivity contribution in [1.82, 2.24) is 35.0 Å². The first-order valence-electron chi connectivity index (χ1n) is 12.0. The normalized spacial score (nSPS) is 13.3. The number of hydrogen-bond donors (Lipinski definition) is 2. The first-order valence-corrected chi connectivity index (χ1v) is 12.0. The third-order valence-corrected chi connectivity index (χ3v) is 6.23. The Hall–Kier alpha value is -4.32. The number of nitrogens with one attached hydrogen (secondary N) is 1. The molecule has 1 aromatic carbocycles. The van der Waals surface area contributed by atoms with Crippen LogP contribution in [0.25, 0.3) is 10.8 Å². The lowest BCUT2D eigenvalue weighted by molar-refractivity contribution is 0.0940. The summed E-state index contributed by atoms with van der Waals surface area (Å²) in [5, 5.41) is 8.92. The summed E-state index contributed by atoms with van der Waals surface area (Å²) >= 11 is 0. The van der Waals surface area contributed by atoms with Crippen molar-refractivity contribution in [2.24, 2.45) is 0 Å². The van der Waals surface area contributed by atoms with Gasteiger partial charge in [0.1, 0.15) is 18.2 Å². The summed E-state index contributed by atoms with van der Waals surface area (Å²) in [4.78, 5) is 32.6. The Morgan fingerprint density at radius 1 is 1.11 bits per heavy atom. The van der Waals surface area contributed by atoms with Crippen molar-refractivity contribution in [3.8, 4) is 5.75 Å². The fourth-order valence-electron chi connectivity index (χ4n) is 4.40. The number of fused-ring (bicyclic) bond motifs is 1. The molecule has 5 rings (SSSR count). The number of nitrogen functional groups attached to an aromatic ring is 1. The molecule has 1 fully saturated rings. The molecule has 1 amide bonds. The van der Waals surface area contributed by atoms with Crippen LogP contribution in [-0.2, 0) is 24.4 Å². The third-order valence-electron chi connectivity index (χ3n) is 6.23. The van der Waals surface area contributed by atoms with Crippen LogP contribution >= 0.6 is 0 Å². The summed E-state index contributed by atoms with van der Waals surface area (Å²) in [5.41, 5.74) is 7.71. The lowest BCUT2D eigenvalue weighted by atomic mass is 10.1. The molecule has 3 aromatic heterocycles. The average molecular weight is 504 g/mol. The molecule has 4 heterocycles. The van der Waals surface area contributed by atoms with E-state index in [1.807, 2.05) is 18.2 Å². The van der Waals surface area contributed by atoms with E-state index in [2.05, 4.69) is 35.3 Å². The molecular weight excluding hydrogens is 474 g/mol. The molecule has 3 N–H and O–H groups in total. The number of methoxy groups -OCH3 is 2. The Labute approximate surface area is 213 Å². The molecule has 12 nitrogen and oxygen atoms in total. The number of nitrogens with zero attached hydrogens (tertiary/aromatic N) is 7. The van der Waals surface area contributed by atoms with Crippen molar-refractivity contribution in [3.63, 3.8) is 0 Å². The smallest absolute Gasteiger partial charge is 0.291 e. The van der Waals surface area contributed by atoms with Gasteiger partial charge in [-0.05, 0) is 42.0 Å². The summed E-state index contributed by atoms with van der Waals surface area (Å²) in [5.74, 6) is 1.91. The lowest BCUT2D eigenvalue weighted by Crippen LogP contribution is -2.24. The number of pyridine rings is 1. The van der Waals surface area contributed by atoms with Crippen LogP contribution in [0.15, 0.2) is 36.8 Å². The van der Waals surface area contributed by atoms with E-state index >= 15 is 0 Å². The number of anilines is 2. The molecule has 0 saturated carbocycles. The van der Waals surface area contributed by atoms with E-state index in [4.69, 9.17) is 15.2 Å². The van der Waals surface area contributed by atoms with Gasteiger partial charge in [0.25, 0.3) is 5.91 Å². The van der Waals surface area contributed by atoms with E-state index in [1.165, 1.54) is 0 Å². The summed E-state index contributed by atoms with van der Waals surface area (Å²) < 4.78 is 12.4. The quantitative estimate of drug-likeness (QED) is 0.347. The maximum Gasteiger partial charge on any atom is 0.291 e. The number of hydrogen-bond acceptors (Lipinski definition) is 10. The highest BCUT2D eigenvalue weighted by atomic mass is 16.5. The zero-order chi connectivity index (χ0) is 25.8. The van der Waals surface area contributed by atoms with Gasteiger partial charge in [0, 0.05) is 50.9 Å². The van der Waals surface area contributed by atoms with Gasteiger partial charge < -0.3 is 25.4 Å². The highest BCUT2D eigenvalue weighted by Crippen LogP contribution is 2.30. The van der Waals surface area contributed by atoms with Crippen LogP contribution in [0.3, 0.4) is 0 Å².